The van der Waals surface area contributed by atoms with Crippen LogP contribution in [0.3, 0.4) is 0 Å². The van der Waals surface area contributed by atoms with Gasteiger partial charge in [-0.3, -0.25) is 9.59 Å². The number of rotatable bonds is 4. The third kappa shape index (κ3) is 3.38. The number of aliphatic carboxylic acids is 1. The first-order chi connectivity index (χ1) is 9.83. The van der Waals surface area contributed by atoms with E-state index in [1.165, 1.54) is 0 Å². The lowest BCUT2D eigenvalue weighted by Crippen LogP contribution is -2.37. The average molecular weight is 310 g/mol. The van der Waals surface area contributed by atoms with Gasteiger partial charge in [-0.25, -0.2) is 0 Å². The van der Waals surface area contributed by atoms with Crippen molar-refractivity contribution in [3.05, 3.63) is 34.9 Å². The number of carboxylic acids is 1. The summed E-state index contributed by atoms with van der Waals surface area (Å²) in [6.07, 6.45) is 1.08. The smallest absolute Gasteiger partial charge is 0.311 e. The molecule has 0 saturated carbocycles. The molecule has 1 N–H and O–H groups in total. The van der Waals surface area contributed by atoms with Crippen LogP contribution in [0.25, 0.3) is 0 Å². The van der Waals surface area contributed by atoms with Crippen molar-refractivity contribution < 1.29 is 14.7 Å². The quantitative estimate of drug-likeness (QED) is 0.930. The fourth-order valence-corrected chi connectivity index (χ4v) is 2.93. The van der Waals surface area contributed by atoms with Crippen LogP contribution in [0.2, 0.25) is 5.02 Å². The monoisotopic (exact) mass is 309 g/mol. The lowest BCUT2D eigenvalue weighted by Gasteiger charge is -2.23. The predicted octanol–water partition coefficient (Wildman–Crippen LogP) is 2.84. The van der Waals surface area contributed by atoms with Gasteiger partial charge in [0, 0.05) is 24.0 Å². The van der Waals surface area contributed by atoms with Crippen molar-refractivity contribution in [2.24, 2.45) is 11.3 Å². The van der Waals surface area contributed by atoms with E-state index in [0.29, 0.717) is 24.4 Å². The molecule has 1 aromatic rings. The standard InChI is InChI=1S/C16H20ClNO3/c1-11(9-12-5-3-4-6-13(12)17)14(19)18-8-7-16(2,10-18)15(20)21/h3-6,11H,7-10H2,1-2H3,(H,20,21). The van der Waals surface area contributed by atoms with Gasteiger partial charge in [0.25, 0.3) is 0 Å². The van der Waals surface area contributed by atoms with Gasteiger partial charge in [-0.05, 0) is 31.4 Å². The Morgan fingerprint density at radius 3 is 2.67 bits per heavy atom. The summed E-state index contributed by atoms with van der Waals surface area (Å²) >= 11 is 6.12. The van der Waals surface area contributed by atoms with E-state index in [9.17, 15) is 14.7 Å². The number of hydrogen-bond donors (Lipinski definition) is 1. The molecule has 5 heteroatoms. The Labute approximate surface area is 129 Å². The van der Waals surface area contributed by atoms with E-state index in [1.807, 2.05) is 31.2 Å². The number of likely N-dealkylation sites (tertiary alicyclic amines) is 1. The Bertz CT molecular complexity index is 560. The molecule has 1 saturated heterocycles. The molecule has 0 spiro atoms. The summed E-state index contributed by atoms with van der Waals surface area (Å²) in [6, 6.07) is 7.48. The number of carboxylic acid groups (broad SMARTS) is 1. The van der Waals surface area contributed by atoms with Gasteiger partial charge in [-0.2, -0.15) is 0 Å². The van der Waals surface area contributed by atoms with Crippen molar-refractivity contribution in [2.45, 2.75) is 26.7 Å². The maximum atomic E-state index is 12.5. The molecule has 1 fully saturated rings. The lowest BCUT2D eigenvalue weighted by molar-refractivity contribution is -0.147. The van der Waals surface area contributed by atoms with Crippen LogP contribution in [0.15, 0.2) is 24.3 Å². The molecule has 4 nitrogen and oxygen atoms in total. The van der Waals surface area contributed by atoms with Crippen LogP contribution in [0.4, 0.5) is 0 Å². The van der Waals surface area contributed by atoms with E-state index in [1.54, 1.807) is 11.8 Å². The summed E-state index contributed by atoms with van der Waals surface area (Å²) in [4.78, 5) is 25.4. The van der Waals surface area contributed by atoms with Gasteiger partial charge >= 0.3 is 5.97 Å². The number of nitrogens with zero attached hydrogens (tertiary/aromatic N) is 1. The maximum absolute atomic E-state index is 12.5. The Kier molecular flexibility index (Phi) is 4.57. The molecule has 2 unspecified atom stereocenters. The molecule has 1 amide bonds. The third-order valence-electron chi connectivity index (χ3n) is 4.21. The minimum Gasteiger partial charge on any atom is -0.481 e. The van der Waals surface area contributed by atoms with E-state index in [2.05, 4.69) is 0 Å². The second-order valence-electron chi connectivity index (χ2n) is 6.07. The fraction of sp³-hybridized carbons (Fsp3) is 0.500. The number of carbonyl (C=O) groups excluding carboxylic acids is 1. The highest BCUT2D eigenvalue weighted by Gasteiger charge is 2.42. The van der Waals surface area contributed by atoms with Gasteiger partial charge in [0.05, 0.1) is 5.41 Å². The summed E-state index contributed by atoms with van der Waals surface area (Å²) in [5, 5.41) is 9.89. The largest absolute Gasteiger partial charge is 0.481 e. The fourth-order valence-electron chi connectivity index (χ4n) is 2.72. The zero-order valence-electron chi connectivity index (χ0n) is 12.3. The van der Waals surface area contributed by atoms with Gasteiger partial charge in [0.1, 0.15) is 0 Å². The molecule has 1 aromatic carbocycles. The molecule has 1 aliphatic heterocycles. The molecule has 0 bridgehead atoms. The first kappa shape index (κ1) is 15.8. The molecule has 114 valence electrons. The number of halogens is 1. The van der Waals surface area contributed by atoms with Crippen LogP contribution in [0.5, 0.6) is 0 Å². The zero-order valence-corrected chi connectivity index (χ0v) is 13.1. The van der Waals surface area contributed by atoms with Gasteiger partial charge in [0.2, 0.25) is 5.91 Å². The van der Waals surface area contributed by atoms with E-state index in [4.69, 9.17) is 11.6 Å². The van der Waals surface area contributed by atoms with Crippen LogP contribution in [0, 0.1) is 11.3 Å². The minimum absolute atomic E-state index is 0.0000975. The van der Waals surface area contributed by atoms with E-state index >= 15 is 0 Å². The second kappa shape index (κ2) is 6.06. The molecule has 1 heterocycles. The maximum Gasteiger partial charge on any atom is 0.311 e. The van der Waals surface area contributed by atoms with Crippen LogP contribution in [-0.4, -0.2) is 35.0 Å². The number of carbonyl (C=O) groups is 2. The van der Waals surface area contributed by atoms with E-state index < -0.39 is 11.4 Å². The van der Waals surface area contributed by atoms with E-state index in [0.717, 1.165) is 5.56 Å². The molecular weight excluding hydrogens is 290 g/mol. The summed E-state index contributed by atoms with van der Waals surface area (Å²) in [5.74, 6) is -1.04. The molecule has 2 atom stereocenters. The lowest BCUT2D eigenvalue weighted by atomic mass is 9.90. The van der Waals surface area contributed by atoms with Gasteiger partial charge < -0.3 is 10.0 Å². The molecular formula is C16H20ClNO3. The Morgan fingerprint density at radius 2 is 2.10 bits per heavy atom. The molecule has 0 aromatic heterocycles. The van der Waals surface area contributed by atoms with Crippen LogP contribution >= 0.6 is 11.6 Å². The first-order valence-corrected chi connectivity index (χ1v) is 7.47. The van der Waals surface area contributed by atoms with Crippen LogP contribution in [-0.2, 0) is 16.0 Å². The SMILES string of the molecule is CC(Cc1ccccc1Cl)C(=O)N1CCC(C)(C(=O)O)C1. The topological polar surface area (TPSA) is 57.6 Å². The summed E-state index contributed by atoms with van der Waals surface area (Å²) in [5.41, 5.74) is 0.125. The van der Waals surface area contributed by atoms with Crippen molar-refractivity contribution in [3.8, 4) is 0 Å². The summed E-state index contributed by atoms with van der Waals surface area (Å²) in [6.45, 7) is 4.35. The summed E-state index contributed by atoms with van der Waals surface area (Å²) < 4.78 is 0. The normalized spacial score (nSPS) is 23.1. The Morgan fingerprint density at radius 1 is 1.43 bits per heavy atom. The molecule has 2 rings (SSSR count). The second-order valence-corrected chi connectivity index (χ2v) is 6.48. The zero-order chi connectivity index (χ0) is 15.6. The number of benzene rings is 1. The van der Waals surface area contributed by atoms with Gasteiger partial charge in [-0.15, -0.1) is 0 Å². The van der Waals surface area contributed by atoms with Crippen molar-refractivity contribution in [2.75, 3.05) is 13.1 Å². The van der Waals surface area contributed by atoms with Gasteiger partial charge in [0.15, 0.2) is 0 Å². The molecule has 0 radical (unpaired) electrons. The molecule has 0 aliphatic carbocycles. The van der Waals surface area contributed by atoms with Crippen LogP contribution in [0.1, 0.15) is 25.8 Å². The van der Waals surface area contributed by atoms with Crippen molar-refractivity contribution in [3.63, 3.8) is 0 Å². The van der Waals surface area contributed by atoms with Crippen molar-refractivity contribution in [1.29, 1.82) is 0 Å². The first-order valence-electron chi connectivity index (χ1n) is 7.09. The minimum atomic E-state index is -0.837. The average Bonchev–Trinajstić information content (AvgIpc) is 2.84. The Hall–Kier alpha value is -1.55. The third-order valence-corrected chi connectivity index (χ3v) is 4.58. The van der Waals surface area contributed by atoms with Crippen LogP contribution < -0.4 is 0 Å². The molecule has 1 aliphatic rings. The Balaban J connectivity index is 2.01. The number of hydrogen-bond acceptors (Lipinski definition) is 2. The predicted molar refractivity (Wildman–Crippen MR) is 81.3 cm³/mol. The molecule has 21 heavy (non-hydrogen) atoms. The number of amides is 1. The highest BCUT2D eigenvalue weighted by atomic mass is 35.5. The van der Waals surface area contributed by atoms with E-state index in [-0.39, 0.29) is 18.4 Å². The summed E-state index contributed by atoms with van der Waals surface area (Å²) in [7, 11) is 0. The van der Waals surface area contributed by atoms with Crippen molar-refractivity contribution >= 4 is 23.5 Å². The van der Waals surface area contributed by atoms with Crippen molar-refractivity contribution in [1.82, 2.24) is 4.90 Å². The highest BCUT2D eigenvalue weighted by Crippen LogP contribution is 2.31. The van der Waals surface area contributed by atoms with Gasteiger partial charge in [-0.1, -0.05) is 36.7 Å². The highest BCUT2D eigenvalue weighted by molar-refractivity contribution is 6.31.